The van der Waals surface area contributed by atoms with E-state index in [4.69, 9.17) is 9.47 Å². The highest BCUT2D eigenvalue weighted by Gasteiger charge is 2.04. The number of nitrogens with zero attached hydrogens (tertiary/aromatic N) is 1. The summed E-state index contributed by atoms with van der Waals surface area (Å²) in [6.45, 7) is -0.128. The lowest BCUT2D eigenvalue weighted by molar-refractivity contribution is -0.123. The first-order chi connectivity index (χ1) is 13.2. The largest absolute Gasteiger partial charge is 0.483 e. The average molecular weight is 425 g/mol. The summed E-state index contributed by atoms with van der Waals surface area (Å²) in [6, 6.07) is 24.2. The third kappa shape index (κ3) is 5.97. The van der Waals surface area contributed by atoms with Crippen LogP contribution in [0.4, 0.5) is 0 Å². The molecular weight excluding hydrogens is 408 g/mol. The molecule has 1 amide bonds. The van der Waals surface area contributed by atoms with E-state index in [2.05, 4.69) is 26.5 Å². The third-order valence-corrected chi connectivity index (χ3v) is 4.09. The molecule has 0 spiro atoms. The Morgan fingerprint density at radius 2 is 1.70 bits per heavy atom. The number of carbonyl (C=O) groups is 1. The van der Waals surface area contributed by atoms with Crippen molar-refractivity contribution in [3.8, 4) is 17.2 Å². The van der Waals surface area contributed by atoms with Crippen LogP contribution in [0.15, 0.2) is 88.4 Å². The maximum Gasteiger partial charge on any atom is 0.277 e. The molecule has 1 N–H and O–H groups in total. The van der Waals surface area contributed by atoms with E-state index >= 15 is 0 Å². The number of hydrogen-bond acceptors (Lipinski definition) is 4. The first-order valence-electron chi connectivity index (χ1n) is 8.23. The van der Waals surface area contributed by atoms with Crippen LogP contribution in [-0.2, 0) is 4.79 Å². The molecule has 3 aromatic rings. The number of rotatable bonds is 7. The summed E-state index contributed by atoms with van der Waals surface area (Å²) < 4.78 is 12.0. The van der Waals surface area contributed by atoms with Crippen LogP contribution >= 0.6 is 15.9 Å². The van der Waals surface area contributed by atoms with Crippen LogP contribution in [0.25, 0.3) is 0 Å². The number of carbonyl (C=O) groups excluding carboxylic acids is 1. The molecule has 0 saturated carbocycles. The Morgan fingerprint density at radius 1 is 0.963 bits per heavy atom. The molecule has 3 aromatic carbocycles. The lowest BCUT2D eigenvalue weighted by Gasteiger charge is -2.07. The molecule has 0 fully saturated rings. The Morgan fingerprint density at radius 3 is 2.52 bits per heavy atom. The van der Waals surface area contributed by atoms with E-state index in [9.17, 15) is 4.79 Å². The maximum atomic E-state index is 11.8. The molecule has 0 aromatic heterocycles. The van der Waals surface area contributed by atoms with Crippen LogP contribution in [0, 0.1) is 0 Å². The van der Waals surface area contributed by atoms with Crippen LogP contribution in [0.5, 0.6) is 17.2 Å². The van der Waals surface area contributed by atoms with Crippen molar-refractivity contribution in [2.24, 2.45) is 5.10 Å². The first-order valence-corrected chi connectivity index (χ1v) is 9.02. The fourth-order valence-electron chi connectivity index (χ4n) is 2.20. The molecular formula is C21H17BrN2O3. The second kappa shape index (κ2) is 9.54. The molecule has 0 bridgehead atoms. The fraction of sp³-hybridized carbons (Fsp3) is 0.0476. The summed E-state index contributed by atoms with van der Waals surface area (Å²) in [4.78, 5) is 11.8. The number of hydrogen-bond donors (Lipinski definition) is 1. The molecule has 0 heterocycles. The van der Waals surface area contributed by atoms with E-state index in [1.54, 1.807) is 12.3 Å². The van der Waals surface area contributed by atoms with Gasteiger partial charge in [-0.3, -0.25) is 4.79 Å². The molecule has 136 valence electrons. The van der Waals surface area contributed by atoms with E-state index in [-0.39, 0.29) is 12.5 Å². The van der Waals surface area contributed by atoms with Gasteiger partial charge in [-0.1, -0.05) is 42.5 Å². The minimum Gasteiger partial charge on any atom is -0.483 e. The molecule has 0 radical (unpaired) electrons. The van der Waals surface area contributed by atoms with Crippen molar-refractivity contribution in [1.82, 2.24) is 5.43 Å². The highest BCUT2D eigenvalue weighted by molar-refractivity contribution is 9.10. The van der Waals surface area contributed by atoms with Crippen molar-refractivity contribution in [2.45, 2.75) is 0 Å². The zero-order valence-electron chi connectivity index (χ0n) is 14.3. The van der Waals surface area contributed by atoms with Gasteiger partial charge in [0.1, 0.15) is 17.2 Å². The highest BCUT2D eigenvalue weighted by Crippen LogP contribution is 2.23. The van der Waals surface area contributed by atoms with Crippen molar-refractivity contribution in [3.05, 3.63) is 88.9 Å². The van der Waals surface area contributed by atoms with Gasteiger partial charge >= 0.3 is 0 Å². The van der Waals surface area contributed by atoms with Crippen molar-refractivity contribution in [1.29, 1.82) is 0 Å². The SMILES string of the molecule is O=C(COc1ccccc1Br)NN=Cc1cccc(Oc2ccccc2)c1. The van der Waals surface area contributed by atoms with Crippen LogP contribution < -0.4 is 14.9 Å². The van der Waals surface area contributed by atoms with E-state index in [0.29, 0.717) is 11.5 Å². The molecule has 6 heteroatoms. The van der Waals surface area contributed by atoms with Crippen molar-refractivity contribution in [2.75, 3.05) is 6.61 Å². The van der Waals surface area contributed by atoms with Gasteiger partial charge in [-0.2, -0.15) is 5.10 Å². The summed E-state index contributed by atoms with van der Waals surface area (Å²) in [6.07, 6.45) is 1.55. The minimum atomic E-state index is -0.348. The summed E-state index contributed by atoms with van der Waals surface area (Å²) in [5, 5.41) is 3.95. The van der Waals surface area contributed by atoms with Gasteiger partial charge in [-0.15, -0.1) is 0 Å². The van der Waals surface area contributed by atoms with E-state index < -0.39 is 0 Å². The zero-order valence-corrected chi connectivity index (χ0v) is 15.9. The molecule has 0 aliphatic rings. The van der Waals surface area contributed by atoms with Gasteiger partial charge in [0.25, 0.3) is 5.91 Å². The van der Waals surface area contributed by atoms with Gasteiger partial charge in [0.2, 0.25) is 0 Å². The second-order valence-corrected chi connectivity index (χ2v) is 6.35. The predicted octanol–water partition coefficient (Wildman–Crippen LogP) is 4.77. The molecule has 0 unspecified atom stereocenters. The summed E-state index contributed by atoms with van der Waals surface area (Å²) in [5.74, 6) is 1.69. The Balaban J connectivity index is 1.51. The topological polar surface area (TPSA) is 59.9 Å². The molecule has 0 aliphatic heterocycles. The molecule has 3 rings (SSSR count). The molecule has 0 atom stereocenters. The summed E-state index contributed by atoms with van der Waals surface area (Å²) >= 11 is 3.36. The van der Waals surface area contributed by atoms with Gasteiger partial charge in [0.05, 0.1) is 10.7 Å². The Kier molecular flexibility index (Phi) is 6.60. The minimum absolute atomic E-state index is 0.128. The Hall–Kier alpha value is -3.12. The first kappa shape index (κ1) is 18.7. The van der Waals surface area contributed by atoms with Gasteiger partial charge in [0.15, 0.2) is 6.61 Å². The Labute approximate surface area is 165 Å². The van der Waals surface area contributed by atoms with Gasteiger partial charge in [-0.25, -0.2) is 5.43 Å². The molecule has 27 heavy (non-hydrogen) atoms. The number of para-hydroxylation sites is 2. The van der Waals surface area contributed by atoms with Crippen LogP contribution in [0.2, 0.25) is 0 Å². The summed E-state index contributed by atoms with van der Waals surface area (Å²) in [7, 11) is 0. The smallest absolute Gasteiger partial charge is 0.277 e. The third-order valence-electron chi connectivity index (χ3n) is 3.44. The van der Waals surface area contributed by atoms with Crippen LogP contribution in [-0.4, -0.2) is 18.7 Å². The second-order valence-electron chi connectivity index (χ2n) is 5.50. The number of hydrazone groups is 1. The number of halogens is 1. The number of amides is 1. The van der Waals surface area contributed by atoms with Gasteiger partial charge in [0, 0.05) is 0 Å². The van der Waals surface area contributed by atoms with E-state index in [0.717, 1.165) is 15.8 Å². The average Bonchev–Trinajstić information content (AvgIpc) is 2.68. The number of benzene rings is 3. The lowest BCUT2D eigenvalue weighted by atomic mass is 10.2. The van der Waals surface area contributed by atoms with Crippen LogP contribution in [0.3, 0.4) is 0 Å². The normalized spacial score (nSPS) is 10.6. The fourth-order valence-corrected chi connectivity index (χ4v) is 2.60. The van der Waals surface area contributed by atoms with E-state index in [1.807, 2.05) is 72.8 Å². The summed E-state index contributed by atoms with van der Waals surface area (Å²) in [5.41, 5.74) is 3.24. The van der Waals surface area contributed by atoms with Crippen molar-refractivity contribution >= 4 is 28.1 Å². The predicted molar refractivity (Wildman–Crippen MR) is 108 cm³/mol. The molecule has 0 aliphatic carbocycles. The van der Waals surface area contributed by atoms with Crippen molar-refractivity contribution in [3.63, 3.8) is 0 Å². The molecule has 0 saturated heterocycles. The van der Waals surface area contributed by atoms with Crippen molar-refractivity contribution < 1.29 is 14.3 Å². The maximum absolute atomic E-state index is 11.8. The van der Waals surface area contributed by atoms with E-state index in [1.165, 1.54) is 0 Å². The van der Waals surface area contributed by atoms with Gasteiger partial charge < -0.3 is 9.47 Å². The molecule has 5 nitrogen and oxygen atoms in total. The standard InChI is InChI=1S/C21H17BrN2O3/c22-19-11-4-5-12-20(19)26-15-21(25)24-23-14-16-7-6-10-18(13-16)27-17-8-2-1-3-9-17/h1-14H,15H2,(H,24,25). The highest BCUT2D eigenvalue weighted by atomic mass is 79.9. The lowest BCUT2D eigenvalue weighted by Crippen LogP contribution is -2.24. The number of ether oxygens (including phenoxy) is 2. The Bertz CT molecular complexity index is 929. The number of nitrogens with one attached hydrogen (secondary N) is 1. The zero-order chi connectivity index (χ0) is 18.9. The quantitative estimate of drug-likeness (QED) is 0.438. The monoisotopic (exact) mass is 424 g/mol. The van der Waals surface area contributed by atoms with Crippen LogP contribution in [0.1, 0.15) is 5.56 Å². The van der Waals surface area contributed by atoms with Gasteiger partial charge in [-0.05, 0) is 57.9 Å².